The van der Waals surface area contributed by atoms with Crippen molar-refractivity contribution in [3.05, 3.63) is 30.4 Å². The minimum Gasteiger partial charge on any atom is -0.349 e. The van der Waals surface area contributed by atoms with E-state index in [1.54, 1.807) is 12.4 Å². The Kier molecular flexibility index (Phi) is 5.24. The van der Waals surface area contributed by atoms with Crippen molar-refractivity contribution in [3.63, 3.8) is 0 Å². The minimum absolute atomic E-state index is 0.0898. The number of nitrogens with one attached hydrogen (secondary N) is 2. The molecule has 2 N–H and O–H groups in total. The van der Waals surface area contributed by atoms with Gasteiger partial charge in [0.2, 0.25) is 5.91 Å². The summed E-state index contributed by atoms with van der Waals surface area (Å²) in [6, 6.07) is 4.43. The minimum atomic E-state index is 0.0898. The molecule has 0 radical (unpaired) electrons. The van der Waals surface area contributed by atoms with Crippen molar-refractivity contribution < 1.29 is 4.79 Å². The number of carbonyl (C=O) groups excluding carboxylic acids is 1. The molecule has 2 fully saturated rings. The van der Waals surface area contributed by atoms with Gasteiger partial charge in [-0.2, -0.15) is 5.10 Å². The van der Waals surface area contributed by atoms with E-state index in [0.717, 1.165) is 31.5 Å². The Bertz CT molecular complexity index is 725. The van der Waals surface area contributed by atoms with Gasteiger partial charge in [0.25, 0.3) is 0 Å². The summed E-state index contributed by atoms with van der Waals surface area (Å²) >= 11 is 0. The molecule has 3 heterocycles. The Morgan fingerprint density at radius 2 is 2.00 bits per heavy atom. The molecule has 2 aromatic rings. The van der Waals surface area contributed by atoms with Crippen LogP contribution in [0.4, 0.5) is 0 Å². The summed E-state index contributed by atoms with van der Waals surface area (Å²) in [5.41, 5.74) is 0.910. The van der Waals surface area contributed by atoms with Gasteiger partial charge in [-0.25, -0.2) is 4.98 Å². The Morgan fingerprint density at radius 1 is 1.19 bits per heavy atom. The van der Waals surface area contributed by atoms with Crippen molar-refractivity contribution >= 4 is 5.91 Å². The first-order valence-electron chi connectivity index (χ1n) is 9.63. The fourth-order valence-electron chi connectivity index (χ4n) is 4.14. The number of amides is 1. The zero-order valence-electron chi connectivity index (χ0n) is 15.0. The van der Waals surface area contributed by atoms with Gasteiger partial charge in [-0.15, -0.1) is 0 Å². The molecule has 1 amide bonds. The molecule has 1 atom stereocenters. The zero-order valence-corrected chi connectivity index (χ0v) is 15.0. The van der Waals surface area contributed by atoms with Crippen LogP contribution in [0.2, 0.25) is 0 Å². The number of piperidine rings is 1. The van der Waals surface area contributed by atoms with Gasteiger partial charge in [0.05, 0.1) is 12.5 Å². The monoisotopic (exact) mass is 354 g/mol. The smallest absolute Gasteiger partial charge is 0.224 e. The van der Waals surface area contributed by atoms with Crippen LogP contribution in [-0.4, -0.2) is 50.1 Å². The largest absolute Gasteiger partial charge is 0.349 e. The summed E-state index contributed by atoms with van der Waals surface area (Å²) < 4.78 is 0. The zero-order chi connectivity index (χ0) is 17.8. The number of likely N-dealkylation sites (tertiary alicyclic amines) is 1. The highest BCUT2D eigenvalue weighted by Gasteiger charge is 2.30. The molecule has 7 nitrogen and oxygen atoms in total. The molecule has 1 aliphatic heterocycles. The topological polar surface area (TPSA) is 86.8 Å². The van der Waals surface area contributed by atoms with Crippen LogP contribution in [0, 0.1) is 5.92 Å². The van der Waals surface area contributed by atoms with Crippen molar-refractivity contribution in [3.8, 4) is 11.4 Å². The quantitative estimate of drug-likeness (QED) is 0.859. The molecule has 0 bridgehead atoms. The second-order valence-corrected chi connectivity index (χ2v) is 7.33. The van der Waals surface area contributed by atoms with Gasteiger partial charge in [-0.3, -0.25) is 19.8 Å². The lowest BCUT2D eigenvalue weighted by molar-refractivity contribution is -0.127. The Labute approximate surface area is 153 Å². The van der Waals surface area contributed by atoms with E-state index in [4.69, 9.17) is 0 Å². The van der Waals surface area contributed by atoms with Gasteiger partial charge in [-0.1, -0.05) is 12.8 Å². The highest BCUT2D eigenvalue weighted by Crippen LogP contribution is 2.28. The van der Waals surface area contributed by atoms with Crippen LogP contribution in [0.1, 0.15) is 44.3 Å². The van der Waals surface area contributed by atoms with Gasteiger partial charge in [0.1, 0.15) is 5.82 Å². The molecule has 138 valence electrons. The van der Waals surface area contributed by atoms with Crippen LogP contribution < -0.4 is 5.32 Å². The van der Waals surface area contributed by atoms with Crippen LogP contribution in [0.25, 0.3) is 11.4 Å². The van der Waals surface area contributed by atoms with E-state index in [-0.39, 0.29) is 11.8 Å². The normalized spacial score (nSPS) is 21.8. The maximum Gasteiger partial charge on any atom is 0.224 e. The molecule has 1 saturated heterocycles. The van der Waals surface area contributed by atoms with Gasteiger partial charge < -0.3 is 5.32 Å². The third kappa shape index (κ3) is 3.93. The summed E-state index contributed by atoms with van der Waals surface area (Å²) in [4.78, 5) is 23.6. The lowest BCUT2D eigenvalue weighted by atomic mass is 9.95. The Hall–Kier alpha value is -2.28. The van der Waals surface area contributed by atoms with Crippen molar-refractivity contribution in [1.82, 2.24) is 30.4 Å². The molecule has 4 rings (SSSR count). The third-order valence-electron chi connectivity index (χ3n) is 5.56. The second-order valence-electron chi connectivity index (χ2n) is 7.33. The number of hydrogen-bond donors (Lipinski definition) is 2. The number of pyridine rings is 1. The van der Waals surface area contributed by atoms with Crippen molar-refractivity contribution in [1.29, 1.82) is 0 Å². The first kappa shape index (κ1) is 17.1. The Balaban J connectivity index is 1.30. The average molecular weight is 354 g/mol. The van der Waals surface area contributed by atoms with Crippen molar-refractivity contribution in [2.45, 2.75) is 51.1 Å². The van der Waals surface area contributed by atoms with Crippen LogP contribution in [-0.2, 0) is 11.3 Å². The maximum absolute atomic E-state index is 12.6. The summed E-state index contributed by atoms with van der Waals surface area (Å²) in [6.07, 6.45) is 10.8. The highest BCUT2D eigenvalue weighted by atomic mass is 16.1. The standard InChI is InChI=1S/C19H26N6O/c26-19(15-4-3-11-25(13-15)16-5-1-2-6-16)21-12-17-22-18(24-23-17)14-7-9-20-10-8-14/h7-10,15-16H,1-6,11-13H2,(H,21,26)(H,22,23,24). The molecule has 1 unspecified atom stereocenters. The lowest BCUT2D eigenvalue weighted by Gasteiger charge is -2.36. The number of hydrogen-bond acceptors (Lipinski definition) is 5. The molecule has 0 aromatic carbocycles. The summed E-state index contributed by atoms with van der Waals surface area (Å²) in [7, 11) is 0. The van der Waals surface area contributed by atoms with Crippen LogP contribution in [0.5, 0.6) is 0 Å². The molecule has 2 aromatic heterocycles. The number of aromatic nitrogens is 4. The number of nitrogens with zero attached hydrogens (tertiary/aromatic N) is 4. The lowest BCUT2D eigenvalue weighted by Crippen LogP contribution is -2.46. The van der Waals surface area contributed by atoms with Gasteiger partial charge in [0.15, 0.2) is 5.82 Å². The van der Waals surface area contributed by atoms with E-state index in [9.17, 15) is 4.79 Å². The van der Waals surface area contributed by atoms with Crippen LogP contribution in [0.15, 0.2) is 24.5 Å². The SMILES string of the molecule is O=C(NCc1nc(-c2ccncc2)n[nH]1)C1CCCN(C2CCCC2)C1. The van der Waals surface area contributed by atoms with E-state index in [2.05, 4.69) is 30.4 Å². The maximum atomic E-state index is 12.6. The van der Waals surface area contributed by atoms with Crippen LogP contribution in [0.3, 0.4) is 0 Å². The summed E-state index contributed by atoms with van der Waals surface area (Å²) in [6.45, 7) is 2.43. The summed E-state index contributed by atoms with van der Waals surface area (Å²) in [5, 5.41) is 10.2. The number of rotatable bonds is 5. The second kappa shape index (κ2) is 7.95. The molecule has 26 heavy (non-hydrogen) atoms. The molecule has 1 saturated carbocycles. The van der Waals surface area contributed by atoms with E-state index in [1.807, 2.05) is 12.1 Å². The van der Waals surface area contributed by atoms with E-state index in [0.29, 0.717) is 24.2 Å². The first-order chi connectivity index (χ1) is 12.8. The molecule has 1 aliphatic carbocycles. The number of aromatic amines is 1. The molecule has 0 spiro atoms. The average Bonchev–Trinajstić information content (AvgIpc) is 3.39. The Morgan fingerprint density at radius 3 is 2.81 bits per heavy atom. The van der Waals surface area contributed by atoms with Crippen molar-refractivity contribution in [2.75, 3.05) is 13.1 Å². The predicted molar refractivity (Wildman–Crippen MR) is 98.0 cm³/mol. The fraction of sp³-hybridized carbons (Fsp3) is 0.579. The molecular weight excluding hydrogens is 328 g/mol. The third-order valence-corrected chi connectivity index (χ3v) is 5.56. The van der Waals surface area contributed by atoms with E-state index >= 15 is 0 Å². The van der Waals surface area contributed by atoms with E-state index < -0.39 is 0 Å². The fourth-order valence-corrected chi connectivity index (χ4v) is 4.14. The van der Waals surface area contributed by atoms with Crippen molar-refractivity contribution in [2.24, 2.45) is 5.92 Å². The number of H-pyrrole nitrogens is 1. The predicted octanol–water partition coefficient (Wildman–Crippen LogP) is 2.14. The molecular formula is C19H26N6O. The summed E-state index contributed by atoms with van der Waals surface area (Å²) in [5.74, 6) is 1.52. The molecule has 2 aliphatic rings. The van der Waals surface area contributed by atoms with Gasteiger partial charge >= 0.3 is 0 Å². The molecule has 7 heteroatoms. The van der Waals surface area contributed by atoms with Crippen LogP contribution >= 0.6 is 0 Å². The van der Waals surface area contributed by atoms with Gasteiger partial charge in [0, 0.05) is 30.5 Å². The highest BCUT2D eigenvalue weighted by molar-refractivity contribution is 5.78. The number of carbonyl (C=O) groups is 1. The first-order valence-corrected chi connectivity index (χ1v) is 9.63. The van der Waals surface area contributed by atoms with Gasteiger partial charge in [-0.05, 0) is 44.4 Å². The van der Waals surface area contributed by atoms with E-state index in [1.165, 1.54) is 25.7 Å².